The molecular formula is C18H27IN6O2. The van der Waals surface area contributed by atoms with Crippen molar-refractivity contribution in [3.63, 3.8) is 0 Å². The molecule has 1 amide bonds. The summed E-state index contributed by atoms with van der Waals surface area (Å²) >= 11 is 0. The topological polar surface area (TPSA) is 104 Å². The van der Waals surface area contributed by atoms with Crippen LogP contribution in [-0.4, -0.2) is 52.9 Å². The van der Waals surface area contributed by atoms with E-state index < -0.39 is 0 Å². The number of para-hydroxylation sites is 1. The first kappa shape index (κ1) is 22.7. The summed E-state index contributed by atoms with van der Waals surface area (Å²) in [5.41, 5.74) is 0.270. The molecule has 148 valence electrons. The molecule has 9 heteroatoms. The second-order valence-corrected chi connectivity index (χ2v) is 5.58. The number of phenols is 1. The first-order chi connectivity index (χ1) is 12.7. The van der Waals surface area contributed by atoms with E-state index in [9.17, 15) is 9.90 Å². The van der Waals surface area contributed by atoms with Crippen molar-refractivity contribution in [2.75, 3.05) is 26.2 Å². The van der Waals surface area contributed by atoms with Gasteiger partial charge in [-0.05, 0) is 31.5 Å². The van der Waals surface area contributed by atoms with Gasteiger partial charge < -0.3 is 21.1 Å². The maximum absolute atomic E-state index is 12.0. The van der Waals surface area contributed by atoms with Gasteiger partial charge in [0.15, 0.2) is 5.96 Å². The van der Waals surface area contributed by atoms with Gasteiger partial charge in [-0.25, -0.2) is 0 Å². The van der Waals surface area contributed by atoms with E-state index in [1.54, 1.807) is 24.4 Å². The van der Waals surface area contributed by atoms with Crippen LogP contribution < -0.4 is 16.0 Å². The van der Waals surface area contributed by atoms with E-state index in [1.807, 2.05) is 23.9 Å². The second kappa shape index (κ2) is 13.0. The van der Waals surface area contributed by atoms with Gasteiger partial charge in [-0.1, -0.05) is 12.1 Å². The number of aromatic hydroxyl groups is 1. The maximum Gasteiger partial charge on any atom is 0.255 e. The van der Waals surface area contributed by atoms with Crippen molar-refractivity contribution >= 4 is 35.8 Å². The predicted octanol–water partition coefficient (Wildman–Crippen LogP) is 1.58. The van der Waals surface area contributed by atoms with Crippen molar-refractivity contribution in [1.29, 1.82) is 0 Å². The average Bonchev–Trinajstić information content (AvgIpc) is 3.16. The summed E-state index contributed by atoms with van der Waals surface area (Å²) in [6.45, 7) is 5.22. The van der Waals surface area contributed by atoms with Crippen molar-refractivity contribution < 1.29 is 9.90 Å². The zero-order valence-corrected chi connectivity index (χ0v) is 17.7. The number of carbonyl (C=O) groups excluding carboxylic acids is 1. The third-order valence-corrected chi connectivity index (χ3v) is 3.57. The number of amides is 1. The molecule has 4 N–H and O–H groups in total. The van der Waals surface area contributed by atoms with Crippen LogP contribution in [0.25, 0.3) is 0 Å². The number of aryl methyl sites for hydroxylation is 1. The predicted molar refractivity (Wildman–Crippen MR) is 117 cm³/mol. The standard InChI is InChI=1S/C18H26N6O2.HI/c1-2-19-18(21-9-5-13-24-14-6-10-23-24)22-12-11-20-17(26)15-7-3-4-8-16(15)25;/h3-4,6-8,10,14,25H,2,5,9,11-13H2,1H3,(H,20,26)(H2,19,21,22);1H. The number of hydrogen-bond acceptors (Lipinski definition) is 4. The van der Waals surface area contributed by atoms with E-state index in [0.29, 0.717) is 25.6 Å². The van der Waals surface area contributed by atoms with Crippen molar-refractivity contribution in [3.05, 3.63) is 48.3 Å². The normalized spacial score (nSPS) is 10.8. The first-order valence-electron chi connectivity index (χ1n) is 8.76. The molecule has 0 aliphatic heterocycles. The molecule has 0 saturated carbocycles. The van der Waals surface area contributed by atoms with E-state index >= 15 is 0 Å². The van der Waals surface area contributed by atoms with Gasteiger partial charge in [0, 0.05) is 45.1 Å². The van der Waals surface area contributed by atoms with Gasteiger partial charge >= 0.3 is 0 Å². The molecule has 2 aromatic rings. The van der Waals surface area contributed by atoms with Gasteiger partial charge in [0.25, 0.3) is 5.91 Å². The second-order valence-electron chi connectivity index (χ2n) is 5.58. The van der Waals surface area contributed by atoms with Crippen LogP contribution in [0.15, 0.2) is 47.7 Å². The average molecular weight is 486 g/mol. The number of nitrogens with zero attached hydrogens (tertiary/aromatic N) is 3. The lowest BCUT2D eigenvalue weighted by molar-refractivity contribution is 0.0951. The molecular weight excluding hydrogens is 459 g/mol. The Kier molecular flexibility index (Phi) is 10.9. The summed E-state index contributed by atoms with van der Waals surface area (Å²) < 4.78 is 1.88. The minimum absolute atomic E-state index is 0. The smallest absolute Gasteiger partial charge is 0.255 e. The zero-order chi connectivity index (χ0) is 18.6. The van der Waals surface area contributed by atoms with Gasteiger partial charge in [-0.15, -0.1) is 24.0 Å². The van der Waals surface area contributed by atoms with Crippen LogP contribution in [0, 0.1) is 0 Å². The number of nitrogens with one attached hydrogen (secondary N) is 3. The molecule has 0 radical (unpaired) electrons. The van der Waals surface area contributed by atoms with Crippen molar-refractivity contribution in [1.82, 2.24) is 25.7 Å². The summed E-state index contributed by atoms with van der Waals surface area (Å²) in [6.07, 6.45) is 4.58. The largest absolute Gasteiger partial charge is 0.507 e. The molecule has 2 rings (SSSR count). The van der Waals surface area contributed by atoms with E-state index in [1.165, 1.54) is 6.07 Å². The van der Waals surface area contributed by atoms with Gasteiger partial charge in [-0.2, -0.15) is 5.10 Å². The van der Waals surface area contributed by atoms with Crippen molar-refractivity contribution in [3.8, 4) is 5.75 Å². The van der Waals surface area contributed by atoms with Crippen LogP contribution in [0.1, 0.15) is 23.7 Å². The van der Waals surface area contributed by atoms with Crippen LogP contribution in [0.2, 0.25) is 0 Å². The number of benzene rings is 1. The number of rotatable bonds is 9. The minimum atomic E-state index is -0.300. The Morgan fingerprint density at radius 3 is 2.67 bits per heavy atom. The molecule has 0 bridgehead atoms. The lowest BCUT2D eigenvalue weighted by atomic mass is 10.2. The highest BCUT2D eigenvalue weighted by molar-refractivity contribution is 14.0. The Morgan fingerprint density at radius 2 is 1.96 bits per heavy atom. The number of aliphatic imine (C=N–C) groups is 1. The van der Waals surface area contributed by atoms with Crippen molar-refractivity contribution in [2.24, 2.45) is 4.99 Å². The molecule has 0 saturated heterocycles. The number of aromatic nitrogens is 2. The van der Waals surface area contributed by atoms with E-state index in [0.717, 1.165) is 19.5 Å². The number of guanidine groups is 1. The molecule has 0 unspecified atom stereocenters. The molecule has 0 spiro atoms. The molecule has 1 aromatic heterocycles. The highest BCUT2D eigenvalue weighted by Gasteiger charge is 2.09. The van der Waals surface area contributed by atoms with Crippen LogP contribution in [0.3, 0.4) is 0 Å². The minimum Gasteiger partial charge on any atom is -0.507 e. The zero-order valence-electron chi connectivity index (χ0n) is 15.4. The third-order valence-electron chi connectivity index (χ3n) is 3.57. The maximum atomic E-state index is 12.0. The molecule has 27 heavy (non-hydrogen) atoms. The fourth-order valence-electron chi connectivity index (χ4n) is 2.32. The Bertz CT molecular complexity index is 706. The first-order valence-corrected chi connectivity index (χ1v) is 8.76. The van der Waals surface area contributed by atoms with Gasteiger partial charge in [-0.3, -0.25) is 14.5 Å². The molecule has 0 atom stereocenters. The van der Waals surface area contributed by atoms with Gasteiger partial charge in [0.05, 0.1) is 5.56 Å². The van der Waals surface area contributed by atoms with Gasteiger partial charge in [0.1, 0.15) is 5.75 Å². The highest BCUT2D eigenvalue weighted by atomic mass is 127. The van der Waals surface area contributed by atoms with Crippen LogP contribution in [-0.2, 0) is 6.54 Å². The number of hydrogen-bond donors (Lipinski definition) is 4. The van der Waals surface area contributed by atoms with Crippen LogP contribution in [0.5, 0.6) is 5.75 Å². The van der Waals surface area contributed by atoms with Crippen LogP contribution >= 0.6 is 24.0 Å². The fourth-order valence-corrected chi connectivity index (χ4v) is 2.32. The number of carbonyl (C=O) groups is 1. The lowest BCUT2D eigenvalue weighted by Gasteiger charge is -2.12. The van der Waals surface area contributed by atoms with E-state index in [2.05, 4.69) is 26.0 Å². The SMILES string of the molecule is CCNC(=NCCCn1cccn1)NCCNC(=O)c1ccccc1O.I. The Balaban J connectivity index is 0.00000364. The van der Waals surface area contributed by atoms with E-state index in [-0.39, 0.29) is 41.2 Å². The molecule has 0 aliphatic rings. The molecule has 8 nitrogen and oxygen atoms in total. The molecule has 1 aromatic carbocycles. The Labute approximate surface area is 176 Å². The Morgan fingerprint density at radius 1 is 1.19 bits per heavy atom. The van der Waals surface area contributed by atoms with Crippen LogP contribution in [0.4, 0.5) is 0 Å². The quantitative estimate of drug-likeness (QED) is 0.187. The van der Waals surface area contributed by atoms with E-state index in [4.69, 9.17) is 0 Å². The Hall–Kier alpha value is -2.30. The fraction of sp³-hybridized carbons (Fsp3) is 0.389. The summed E-state index contributed by atoms with van der Waals surface area (Å²) in [4.78, 5) is 16.5. The third kappa shape index (κ3) is 8.29. The number of phenolic OH excluding ortho intramolecular Hbond substituents is 1. The van der Waals surface area contributed by atoms with Gasteiger partial charge in [0.2, 0.25) is 0 Å². The molecule has 0 fully saturated rings. The summed E-state index contributed by atoms with van der Waals surface area (Å²) in [5.74, 6) is 0.390. The summed E-state index contributed by atoms with van der Waals surface area (Å²) in [5, 5.41) is 22.9. The summed E-state index contributed by atoms with van der Waals surface area (Å²) in [7, 11) is 0. The molecule has 1 heterocycles. The number of halogens is 1. The summed E-state index contributed by atoms with van der Waals surface area (Å²) in [6, 6.07) is 8.37. The lowest BCUT2D eigenvalue weighted by Crippen LogP contribution is -2.41. The highest BCUT2D eigenvalue weighted by Crippen LogP contribution is 2.14. The van der Waals surface area contributed by atoms with Crippen molar-refractivity contribution in [2.45, 2.75) is 19.9 Å². The monoisotopic (exact) mass is 486 g/mol. The molecule has 0 aliphatic carbocycles.